The minimum atomic E-state index is -0.740. The Morgan fingerprint density at radius 1 is 1.47 bits per heavy atom. The quantitative estimate of drug-likeness (QED) is 0.784. The fourth-order valence-corrected chi connectivity index (χ4v) is 2.02. The van der Waals surface area contributed by atoms with E-state index in [2.05, 4.69) is 0 Å². The molecule has 0 aromatic carbocycles. The minimum Gasteiger partial charge on any atom is -0.444 e. The van der Waals surface area contributed by atoms with E-state index in [0.717, 1.165) is 0 Å². The van der Waals surface area contributed by atoms with Gasteiger partial charge in [-0.1, -0.05) is 6.92 Å². The number of β-amino-alcohol motifs (C(OH)–C–C–N with tert-alkyl or cyclic N) is 1. The third-order valence-electron chi connectivity index (χ3n) is 2.96. The van der Waals surface area contributed by atoms with Gasteiger partial charge < -0.3 is 14.7 Å². The van der Waals surface area contributed by atoms with Crippen LogP contribution in [0.3, 0.4) is 0 Å². The molecule has 6 nitrogen and oxygen atoms in total. The van der Waals surface area contributed by atoms with Crippen molar-refractivity contribution >= 4 is 12.2 Å². The van der Waals surface area contributed by atoms with Gasteiger partial charge in [-0.2, -0.15) is 9.59 Å². The third-order valence-corrected chi connectivity index (χ3v) is 2.96. The molecule has 1 aliphatic rings. The van der Waals surface area contributed by atoms with Gasteiger partial charge >= 0.3 is 12.2 Å². The molecule has 19 heavy (non-hydrogen) atoms. The molecule has 0 bridgehead atoms. The molecule has 1 fully saturated rings. The molecule has 0 radical (unpaired) electrons. The Kier molecular flexibility index (Phi) is 6.19. The van der Waals surface area contributed by atoms with Crippen LogP contribution in [0.5, 0.6) is 0 Å². The van der Waals surface area contributed by atoms with Crippen LogP contribution in [-0.4, -0.2) is 46.0 Å². The van der Waals surface area contributed by atoms with E-state index in [9.17, 15) is 9.90 Å². The first-order valence-corrected chi connectivity index (χ1v) is 6.30. The predicted octanol–water partition coefficient (Wildman–Crippen LogP) is 1.57. The maximum atomic E-state index is 11.9. The van der Waals surface area contributed by atoms with Gasteiger partial charge in [-0.25, -0.2) is 4.79 Å². The lowest BCUT2D eigenvalue weighted by Gasteiger charge is -2.27. The van der Waals surface area contributed by atoms with Gasteiger partial charge in [0.2, 0.25) is 0 Å². The normalized spacial score (nSPS) is 26.2. The van der Waals surface area contributed by atoms with Gasteiger partial charge in [0.05, 0.1) is 12.1 Å². The molecule has 1 rings (SSSR count). The summed E-state index contributed by atoms with van der Waals surface area (Å²) in [4.78, 5) is 29.7. The molecular formula is C13H23NO5. The standard InChI is InChI=1S/C12H23NO3.CO2/c1-6-12(15)7-9(2)13(8-12)10(14)16-11(3,4)5;2-1-3/h9,15H,6-8H2,1-5H3;/t9-,12?;/m1./s1. The first-order chi connectivity index (χ1) is 8.58. The van der Waals surface area contributed by atoms with Crippen LogP contribution < -0.4 is 0 Å². The molecule has 1 saturated heterocycles. The molecule has 110 valence electrons. The van der Waals surface area contributed by atoms with Crippen molar-refractivity contribution in [2.45, 2.75) is 64.7 Å². The molecule has 6 heteroatoms. The zero-order valence-electron chi connectivity index (χ0n) is 12.2. The highest BCUT2D eigenvalue weighted by Crippen LogP contribution is 2.30. The zero-order chi connectivity index (χ0) is 15.3. The van der Waals surface area contributed by atoms with Crippen molar-refractivity contribution in [2.75, 3.05) is 6.54 Å². The van der Waals surface area contributed by atoms with Crippen molar-refractivity contribution in [3.63, 3.8) is 0 Å². The Balaban J connectivity index is 0.000000982. The van der Waals surface area contributed by atoms with E-state index in [1.54, 1.807) is 4.90 Å². The van der Waals surface area contributed by atoms with Gasteiger partial charge in [-0.15, -0.1) is 0 Å². The summed E-state index contributed by atoms with van der Waals surface area (Å²) >= 11 is 0. The van der Waals surface area contributed by atoms with E-state index in [1.807, 2.05) is 34.6 Å². The molecule has 0 aromatic rings. The average Bonchev–Trinajstić information content (AvgIpc) is 2.54. The summed E-state index contributed by atoms with van der Waals surface area (Å²) in [6.07, 6.45) is 1.21. The SMILES string of the molecule is CCC1(O)C[C@@H](C)N(C(=O)OC(C)(C)C)C1.O=C=O. The number of aliphatic hydroxyl groups is 1. The topological polar surface area (TPSA) is 83.9 Å². The zero-order valence-corrected chi connectivity index (χ0v) is 12.2. The highest BCUT2D eigenvalue weighted by Gasteiger charge is 2.42. The van der Waals surface area contributed by atoms with Crippen LogP contribution in [-0.2, 0) is 14.3 Å². The second-order valence-corrected chi connectivity index (χ2v) is 5.82. The molecule has 0 saturated carbocycles. The average molecular weight is 273 g/mol. The predicted molar refractivity (Wildman–Crippen MR) is 67.3 cm³/mol. The summed E-state index contributed by atoms with van der Waals surface area (Å²) < 4.78 is 5.31. The maximum absolute atomic E-state index is 11.9. The first kappa shape index (κ1) is 17.6. The first-order valence-electron chi connectivity index (χ1n) is 6.30. The Morgan fingerprint density at radius 3 is 2.26 bits per heavy atom. The van der Waals surface area contributed by atoms with Crippen molar-refractivity contribution in [3.8, 4) is 0 Å². The summed E-state index contributed by atoms with van der Waals surface area (Å²) in [5.41, 5.74) is -1.22. The number of carbonyl (C=O) groups is 1. The second-order valence-electron chi connectivity index (χ2n) is 5.82. The Hall–Kier alpha value is -1.39. The summed E-state index contributed by atoms with van der Waals surface area (Å²) in [5, 5.41) is 10.1. The van der Waals surface area contributed by atoms with Crippen molar-refractivity contribution in [2.24, 2.45) is 0 Å². The van der Waals surface area contributed by atoms with Crippen molar-refractivity contribution in [1.29, 1.82) is 0 Å². The minimum absolute atomic E-state index is 0.0415. The molecule has 2 atom stereocenters. The number of hydrogen-bond donors (Lipinski definition) is 1. The summed E-state index contributed by atoms with van der Waals surface area (Å²) in [7, 11) is 0. The van der Waals surface area contributed by atoms with Crippen LogP contribution >= 0.6 is 0 Å². The Morgan fingerprint density at radius 2 is 1.95 bits per heavy atom. The molecule has 1 N–H and O–H groups in total. The molecule has 1 amide bonds. The van der Waals surface area contributed by atoms with Crippen LogP contribution in [0.4, 0.5) is 4.79 Å². The number of ether oxygens (including phenoxy) is 1. The monoisotopic (exact) mass is 273 g/mol. The Labute approximate surface area is 113 Å². The molecular weight excluding hydrogens is 250 g/mol. The number of rotatable bonds is 1. The molecule has 0 aromatic heterocycles. The van der Waals surface area contributed by atoms with E-state index in [1.165, 1.54) is 0 Å². The number of hydrogen-bond acceptors (Lipinski definition) is 5. The van der Waals surface area contributed by atoms with Crippen molar-refractivity contribution in [3.05, 3.63) is 0 Å². The number of amides is 1. The second kappa shape index (κ2) is 6.68. The fraction of sp³-hybridized carbons (Fsp3) is 0.846. The largest absolute Gasteiger partial charge is 0.444 e. The molecule has 0 spiro atoms. The van der Waals surface area contributed by atoms with Crippen LogP contribution in [0.25, 0.3) is 0 Å². The van der Waals surface area contributed by atoms with Crippen LogP contribution in [0.2, 0.25) is 0 Å². The van der Waals surface area contributed by atoms with Gasteiger partial charge in [0.15, 0.2) is 0 Å². The number of carbonyl (C=O) groups excluding carboxylic acids is 3. The molecule has 1 aliphatic heterocycles. The van der Waals surface area contributed by atoms with Crippen molar-refractivity contribution in [1.82, 2.24) is 4.90 Å². The van der Waals surface area contributed by atoms with E-state index in [-0.39, 0.29) is 18.3 Å². The maximum Gasteiger partial charge on any atom is 0.410 e. The summed E-state index contributed by atoms with van der Waals surface area (Å²) in [6, 6.07) is 0.0415. The fourth-order valence-electron chi connectivity index (χ4n) is 2.02. The van der Waals surface area contributed by atoms with Crippen LogP contribution in [0, 0.1) is 0 Å². The smallest absolute Gasteiger partial charge is 0.410 e. The number of likely N-dealkylation sites (tertiary alicyclic amines) is 1. The molecule has 1 unspecified atom stereocenters. The molecule has 1 heterocycles. The van der Waals surface area contributed by atoms with Crippen molar-refractivity contribution < 1.29 is 24.2 Å². The van der Waals surface area contributed by atoms with Gasteiger partial charge in [-0.05, 0) is 40.5 Å². The summed E-state index contributed by atoms with van der Waals surface area (Å²) in [5.74, 6) is 0. The summed E-state index contributed by atoms with van der Waals surface area (Å²) in [6.45, 7) is 9.79. The Bertz CT molecular complexity index is 343. The van der Waals surface area contributed by atoms with E-state index >= 15 is 0 Å². The lowest BCUT2D eigenvalue weighted by atomic mass is 9.98. The van der Waals surface area contributed by atoms with Crippen LogP contribution in [0.15, 0.2) is 0 Å². The molecule has 0 aliphatic carbocycles. The van der Waals surface area contributed by atoms with E-state index in [4.69, 9.17) is 14.3 Å². The highest BCUT2D eigenvalue weighted by atomic mass is 16.6. The van der Waals surface area contributed by atoms with Gasteiger partial charge in [0.1, 0.15) is 5.60 Å². The van der Waals surface area contributed by atoms with Gasteiger partial charge in [-0.3, -0.25) is 0 Å². The van der Waals surface area contributed by atoms with E-state index in [0.29, 0.717) is 19.4 Å². The van der Waals surface area contributed by atoms with E-state index < -0.39 is 11.2 Å². The van der Waals surface area contributed by atoms with Gasteiger partial charge in [0, 0.05) is 6.04 Å². The highest BCUT2D eigenvalue weighted by molar-refractivity contribution is 5.69. The van der Waals surface area contributed by atoms with Gasteiger partial charge in [0.25, 0.3) is 0 Å². The number of nitrogens with zero attached hydrogens (tertiary/aromatic N) is 1. The lowest BCUT2D eigenvalue weighted by molar-refractivity contribution is -0.191. The van der Waals surface area contributed by atoms with Crippen LogP contribution in [0.1, 0.15) is 47.5 Å². The lowest BCUT2D eigenvalue weighted by Crippen LogP contribution is -2.40. The third kappa shape index (κ3) is 5.85.